The summed E-state index contributed by atoms with van der Waals surface area (Å²) in [6, 6.07) is 0. The summed E-state index contributed by atoms with van der Waals surface area (Å²) in [4.78, 5) is 11.6. The fourth-order valence-electron chi connectivity index (χ4n) is 1.47. The van der Waals surface area contributed by atoms with Gasteiger partial charge in [-0.1, -0.05) is 20.3 Å². The number of aromatic nitrogens is 2. The third-order valence-corrected chi connectivity index (χ3v) is 2.56. The van der Waals surface area contributed by atoms with E-state index in [2.05, 4.69) is 22.4 Å². The Bertz CT molecular complexity index is 319. The van der Waals surface area contributed by atoms with Gasteiger partial charge in [0.25, 0.3) is 0 Å². The van der Waals surface area contributed by atoms with E-state index in [1.165, 1.54) is 0 Å². The van der Waals surface area contributed by atoms with Crippen LogP contribution in [0.1, 0.15) is 37.9 Å². The van der Waals surface area contributed by atoms with Gasteiger partial charge in [0.05, 0.1) is 6.20 Å². The molecule has 0 aromatic carbocycles. The Morgan fingerprint density at radius 3 is 2.93 bits per heavy atom. The summed E-state index contributed by atoms with van der Waals surface area (Å²) in [7, 11) is 0. The molecule has 1 amide bonds. The van der Waals surface area contributed by atoms with Crippen LogP contribution in [0.5, 0.6) is 0 Å². The lowest BCUT2D eigenvalue weighted by atomic mass is 10.1. The van der Waals surface area contributed by atoms with Gasteiger partial charge in [0.15, 0.2) is 0 Å². The largest absolute Gasteiger partial charge is 0.352 e. The molecule has 1 aromatic rings. The zero-order chi connectivity index (χ0) is 11.3. The maximum Gasteiger partial charge on any atom is 0.223 e. The van der Waals surface area contributed by atoms with E-state index in [-0.39, 0.29) is 11.8 Å². The SMILES string of the molecule is CCC[C@H](C)C(=O)NCc1cn[nH]c1C. The van der Waals surface area contributed by atoms with Gasteiger partial charge in [0, 0.05) is 23.7 Å². The fraction of sp³-hybridized carbons (Fsp3) is 0.636. The summed E-state index contributed by atoms with van der Waals surface area (Å²) in [6.45, 7) is 6.56. The summed E-state index contributed by atoms with van der Waals surface area (Å²) in [5, 5.41) is 9.66. The number of hydrogen-bond donors (Lipinski definition) is 2. The molecule has 1 rings (SSSR count). The molecular weight excluding hydrogens is 190 g/mol. The predicted molar refractivity (Wildman–Crippen MR) is 59.2 cm³/mol. The van der Waals surface area contributed by atoms with Crippen molar-refractivity contribution in [1.29, 1.82) is 0 Å². The summed E-state index contributed by atoms with van der Waals surface area (Å²) >= 11 is 0. The minimum absolute atomic E-state index is 0.0993. The van der Waals surface area contributed by atoms with Crippen molar-refractivity contribution in [2.75, 3.05) is 0 Å². The molecule has 0 aliphatic rings. The smallest absolute Gasteiger partial charge is 0.223 e. The number of nitrogens with one attached hydrogen (secondary N) is 2. The first-order chi connectivity index (χ1) is 7.15. The highest BCUT2D eigenvalue weighted by Crippen LogP contribution is 2.06. The second kappa shape index (κ2) is 5.53. The number of aryl methyl sites for hydroxylation is 1. The van der Waals surface area contributed by atoms with Crippen molar-refractivity contribution in [3.63, 3.8) is 0 Å². The number of carbonyl (C=O) groups excluding carboxylic acids is 1. The van der Waals surface area contributed by atoms with Gasteiger partial charge in [-0.25, -0.2) is 0 Å². The van der Waals surface area contributed by atoms with Gasteiger partial charge in [0.1, 0.15) is 0 Å². The maximum absolute atomic E-state index is 11.6. The molecule has 0 aliphatic carbocycles. The van der Waals surface area contributed by atoms with Crippen LogP contribution in [0.3, 0.4) is 0 Å². The van der Waals surface area contributed by atoms with E-state index in [0.717, 1.165) is 24.1 Å². The van der Waals surface area contributed by atoms with Gasteiger partial charge >= 0.3 is 0 Å². The zero-order valence-electron chi connectivity index (χ0n) is 9.63. The van der Waals surface area contributed by atoms with Crippen LogP contribution in [0.2, 0.25) is 0 Å². The second-order valence-electron chi connectivity index (χ2n) is 3.93. The first-order valence-corrected chi connectivity index (χ1v) is 5.41. The van der Waals surface area contributed by atoms with E-state index in [1.807, 2.05) is 13.8 Å². The summed E-state index contributed by atoms with van der Waals surface area (Å²) < 4.78 is 0. The van der Waals surface area contributed by atoms with Gasteiger partial charge in [-0.15, -0.1) is 0 Å². The molecule has 0 saturated heterocycles. The van der Waals surface area contributed by atoms with Gasteiger partial charge in [0.2, 0.25) is 5.91 Å². The lowest BCUT2D eigenvalue weighted by Gasteiger charge is -2.10. The highest BCUT2D eigenvalue weighted by atomic mass is 16.1. The van der Waals surface area contributed by atoms with Crippen LogP contribution in [-0.2, 0) is 11.3 Å². The molecule has 0 saturated carbocycles. The molecule has 0 unspecified atom stereocenters. The number of H-pyrrole nitrogens is 1. The lowest BCUT2D eigenvalue weighted by molar-refractivity contribution is -0.124. The van der Waals surface area contributed by atoms with E-state index in [4.69, 9.17) is 0 Å². The molecule has 1 aromatic heterocycles. The topological polar surface area (TPSA) is 57.8 Å². The highest BCUT2D eigenvalue weighted by molar-refractivity contribution is 5.78. The standard InChI is InChI=1S/C11H19N3O/c1-4-5-8(2)11(15)12-6-10-7-13-14-9(10)3/h7-8H,4-6H2,1-3H3,(H,12,15)(H,13,14)/t8-/m0/s1. The number of carbonyl (C=O) groups is 1. The number of amides is 1. The van der Waals surface area contributed by atoms with E-state index >= 15 is 0 Å². The van der Waals surface area contributed by atoms with Crippen LogP contribution < -0.4 is 5.32 Å². The van der Waals surface area contributed by atoms with Gasteiger partial charge in [-0.3, -0.25) is 9.89 Å². The van der Waals surface area contributed by atoms with Gasteiger partial charge in [-0.05, 0) is 13.3 Å². The Morgan fingerprint density at radius 1 is 1.67 bits per heavy atom. The van der Waals surface area contributed by atoms with Crippen molar-refractivity contribution < 1.29 is 4.79 Å². The molecule has 0 fully saturated rings. The second-order valence-corrected chi connectivity index (χ2v) is 3.93. The van der Waals surface area contributed by atoms with Crippen LogP contribution in [0, 0.1) is 12.8 Å². The Hall–Kier alpha value is -1.32. The molecule has 84 valence electrons. The van der Waals surface area contributed by atoms with Crippen molar-refractivity contribution in [3.05, 3.63) is 17.5 Å². The van der Waals surface area contributed by atoms with E-state index < -0.39 is 0 Å². The summed E-state index contributed by atoms with van der Waals surface area (Å²) in [5.74, 6) is 0.222. The predicted octanol–water partition coefficient (Wildman–Crippen LogP) is 1.77. The molecule has 4 heteroatoms. The van der Waals surface area contributed by atoms with Crippen molar-refractivity contribution in [1.82, 2.24) is 15.5 Å². The van der Waals surface area contributed by atoms with Crippen molar-refractivity contribution >= 4 is 5.91 Å². The van der Waals surface area contributed by atoms with Crippen LogP contribution >= 0.6 is 0 Å². The Labute approximate surface area is 90.5 Å². The fourth-order valence-corrected chi connectivity index (χ4v) is 1.47. The van der Waals surface area contributed by atoms with Crippen LogP contribution in [0.4, 0.5) is 0 Å². The van der Waals surface area contributed by atoms with Gasteiger partial charge in [-0.2, -0.15) is 5.10 Å². The first-order valence-electron chi connectivity index (χ1n) is 5.41. The molecule has 15 heavy (non-hydrogen) atoms. The van der Waals surface area contributed by atoms with Crippen molar-refractivity contribution in [2.24, 2.45) is 5.92 Å². The molecule has 4 nitrogen and oxygen atoms in total. The third kappa shape index (κ3) is 3.38. The maximum atomic E-state index is 11.6. The van der Waals surface area contributed by atoms with Crippen molar-refractivity contribution in [3.8, 4) is 0 Å². The Balaban J connectivity index is 2.37. The number of nitrogens with zero attached hydrogens (tertiary/aromatic N) is 1. The molecule has 0 bridgehead atoms. The molecule has 0 aliphatic heterocycles. The van der Waals surface area contributed by atoms with Crippen LogP contribution in [0.25, 0.3) is 0 Å². The minimum Gasteiger partial charge on any atom is -0.352 e. The minimum atomic E-state index is 0.0993. The first kappa shape index (κ1) is 11.8. The van der Waals surface area contributed by atoms with Crippen LogP contribution in [-0.4, -0.2) is 16.1 Å². The average molecular weight is 209 g/mol. The highest BCUT2D eigenvalue weighted by Gasteiger charge is 2.11. The molecular formula is C11H19N3O. The zero-order valence-corrected chi connectivity index (χ0v) is 9.63. The monoisotopic (exact) mass is 209 g/mol. The average Bonchev–Trinajstić information content (AvgIpc) is 2.61. The Kier molecular flexibility index (Phi) is 4.34. The number of aromatic amines is 1. The normalized spacial score (nSPS) is 12.5. The molecule has 2 N–H and O–H groups in total. The van der Waals surface area contributed by atoms with Gasteiger partial charge < -0.3 is 5.32 Å². The van der Waals surface area contributed by atoms with E-state index in [1.54, 1.807) is 6.20 Å². The molecule has 1 heterocycles. The van der Waals surface area contributed by atoms with E-state index in [9.17, 15) is 4.79 Å². The van der Waals surface area contributed by atoms with E-state index in [0.29, 0.717) is 6.54 Å². The quantitative estimate of drug-likeness (QED) is 0.776. The molecule has 0 radical (unpaired) electrons. The summed E-state index contributed by atoms with van der Waals surface area (Å²) in [6.07, 6.45) is 3.73. The van der Waals surface area contributed by atoms with Crippen molar-refractivity contribution in [2.45, 2.75) is 40.2 Å². The Morgan fingerprint density at radius 2 is 2.40 bits per heavy atom. The van der Waals surface area contributed by atoms with Crippen LogP contribution in [0.15, 0.2) is 6.20 Å². The molecule has 1 atom stereocenters. The third-order valence-electron chi connectivity index (χ3n) is 2.56. The lowest BCUT2D eigenvalue weighted by Crippen LogP contribution is -2.28. The molecule has 0 spiro atoms. The number of hydrogen-bond acceptors (Lipinski definition) is 2. The number of rotatable bonds is 5. The summed E-state index contributed by atoms with van der Waals surface area (Å²) in [5.41, 5.74) is 2.06.